The smallest absolute Gasteiger partial charge is 0.321 e. The quantitative estimate of drug-likeness (QED) is 0.829. The molecular weight excluding hydrogens is 259 g/mol. The van der Waals surface area contributed by atoms with Crippen molar-refractivity contribution >= 4 is 12.9 Å². The minimum absolute atomic E-state index is 0.108. The van der Waals surface area contributed by atoms with Crippen LogP contribution in [0.15, 0.2) is 36.4 Å². The maximum Gasteiger partial charge on any atom is 0.356 e. The van der Waals surface area contributed by atoms with Gasteiger partial charge in [0, 0.05) is 0 Å². The highest BCUT2D eigenvalue weighted by molar-refractivity contribution is 7.60. The Bertz CT molecular complexity index is 671. The minimum Gasteiger partial charge on any atom is -0.321 e. The van der Waals surface area contributed by atoms with Crippen molar-refractivity contribution in [2.24, 2.45) is 0 Å². The molecule has 0 aromatic heterocycles. The summed E-state index contributed by atoms with van der Waals surface area (Å²) in [5.74, 6) is 0. The van der Waals surface area contributed by atoms with E-state index in [1.165, 1.54) is 6.07 Å². The summed E-state index contributed by atoms with van der Waals surface area (Å²) in [4.78, 5) is 18.8. The van der Waals surface area contributed by atoms with Gasteiger partial charge in [-0.3, -0.25) is 4.57 Å². The lowest BCUT2D eigenvalue weighted by Crippen LogP contribution is -2.10. The molecule has 0 aliphatic carbocycles. The molecule has 0 radical (unpaired) electrons. The van der Waals surface area contributed by atoms with Crippen molar-refractivity contribution in [2.75, 3.05) is 0 Å². The Morgan fingerprint density at radius 2 is 1.53 bits per heavy atom. The zero-order valence-corrected chi connectivity index (χ0v) is 12.1. The molecule has 2 N–H and O–H groups in total. The Morgan fingerprint density at radius 1 is 0.895 bits per heavy atom. The maximum absolute atomic E-state index is 11.5. The van der Waals surface area contributed by atoms with Crippen LogP contribution in [0.5, 0.6) is 0 Å². The van der Waals surface area contributed by atoms with Crippen molar-refractivity contribution in [3.63, 3.8) is 0 Å². The topological polar surface area (TPSA) is 57.5 Å². The van der Waals surface area contributed by atoms with Gasteiger partial charge in [0.1, 0.15) is 0 Å². The van der Waals surface area contributed by atoms with Gasteiger partial charge in [0.2, 0.25) is 0 Å². The molecule has 0 heterocycles. The molecule has 100 valence electrons. The summed E-state index contributed by atoms with van der Waals surface area (Å²) >= 11 is 0. The van der Waals surface area contributed by atoms with E-state index in [4.69, 9.17) is 0 Å². The Labute approximate surface area is 113 Å². The predicted octanol–water partition coefficient (Wildman–Crippen LogP) is 3.08. The molecule has 0 amide bonds. The lowest BCUT2D eigenvalue weighted by molar-refractivity contribution is 0.387. The molecule has 19 heavy (non-hydrogen) atoms. The van der Waals surface area contributed by atoms with Gasteiger partial charge in [-0.05, 0) is 54.7 Å². The lowest BCUT2D eigenvalue weighted by atomic mass is 9.93. The molecule has 2 aromatic carbocycles. The summed E-state index contributed by atoms with van der Waals surface area (Å²) in [5, 5.41) is 0.108. The van der Waals surface area contributed by atoms with Crippen molar-refractivity contribution in [3.05, 3.63) is 53.1 Å². The fourth-order valence-electron chi connectivity index (χ4n) is 2.42. The number of benzene rings is 2. The third kappa shape index (κ3) is 2.64. The molecule has 0 aliphatic heterocycles. The van der Waals surface area contributed by atoms with Crippen molar-refractivity contribution in [3.8, 4) is 11.1 Å². The summed E-state index contributed by atoms with van der Waals surface area (Å²) in [6.07, 6.45) is 0. The summed E-state index contributed by atoms with van der Waals surface area (Å²) in [5.41, 5.74) is 4.70. The van der Waals surface area contributed by atoms with E-state index in [1.54, 1.807) is 13.0 Å². The minimum atomic E-state index is -4.24. The van der Waals surface area contributed by atoms with E-state index >= 15 is 0 Å². The van der Waals surface area contributed by atoms with E-state index in [1.807, 2.05) is 38.1 Å². The average molecular weight is 276 g/mol. The van der Waals surface area contributed by atoms with Gasteiger partial charge in [-0.15, -0.1) is 0 Å². The zero-order chi connectivity index (χ0) is 14.2. The van der Waals surface area contributed by atoms with Gasteiger partial charge in [0.15, 0.2) is 0 Å². The second-order valence-electron chi connectivity index (χ2n) is 4.76. The van der Waals surface area contributed by atoms with Crippen LogP contribution in [0.3, 0.4) is 0 Å². The zero-order valence-electron chi connectivity index (χ0n) is 11.2. The molecule has 0 unspecified atom stereocenters. The highest BCUT2D eigenvalue weighted by Gasteiger charge is 2.22. The van der Waals surface area contributed by atoms with Crippen LogP contribution in [-0.4, -0.2) is 9.79 Å². The molecule has 0 fully saturated rings. The summed E-state index contributed by atoms with van der Waals surface area (Å²) in [6, 6.07) is 11.2. The summed E-state index contributed by atoms with van der Waals surface area (Å²) in [6.45, 7) is 5.72. The van der Waals surface area contributed by atoms with E-state index in [2.05, 4.69) is 0 Å². The summed E-state index contributed by atoms with van der Waals surface area (Å²) < 4.78 is 11.5. The number of hydrogen-bond acceptors (Lipinski definition) is 1. The molecule has 0 atom stereocenters. The highest BCUT2D eigenvalue weighted by Crippen LogP contribution is 2.38. The van der Waals surface area contributed by atoms with E-state index in [0.29, 0.717) is 5.56 Å². The van der Waals surface area contributed by atoms with Crippen LogP contribution < -0.4 is 5.30 Å². The van der Waals surface area contributed by atoms with Crippen LogP contribution in [0.4, 0.5) is 0 Å². The van der Waals surface area contributed by atoms with Crippen molar-refractivity contribution < 1.29 is 14.4 Å². The monoisotopic (exact) mass is 276 g/mol. The molecule has 0 aliphatic rings. The molecule has 0 saturated carbocycles. The Morgan fingerprint density at radius 3 is 2.11 bits per heavy atom. The first-order valence-corrected chi connectivity index (χ1v) is 7.66. The first kappa shape index (κ1) is 14.0. The fourth-order valence-corrected chi connectivity index (χ4v) is 3.24. The molecule has 0 bridgehead atoms. The van der Waals surface area contributed by atoms with E-state index in [-0.39, 0.29) is 5.30 Å². The van der Waals surface area contributed by atoms with Crippen LogP contribution in [-0.2, 0) is 4.57 Å². The third-order valence-electron chi connectivity index (χ3n) is 3.37. The van der Waals surface area contributed by atoms with Crippen molar-refractivity contribution in [1.29, 1.82) is 0 Å². The average Bonchev–Trinajstić information content (AvgIpc) is 2.29. The molecule has 2 rings (SSSR count). The number of hydrogen-bond donors (Lipinski definition) is 2. The van der Waals surface area contributed by atoms with E-state index < -0.39 is 7.60 Å². The fraction of sp³-hybridized carbons (Fsp3) is 0.200. The number of rotatable bonds is 2. The van der Waals surface area contributed by atoms with Crippen molar-refractivity contribution in [1.82, 2.24) is 0 Å². The molecule has 0 saturated heterocycles. The van der Waals surface area contributed by atoms with Gasteiger partial charge in [-0.1, -0.05) is 30.3 Å². The van der Waals surface area contributed by atoms with Gasteiger partial charge in [0.25, 0.3) is 0 Å². The van der Waals surface area contributed by atoms with Crippen LogP contribution in [0, 0.1) is 20.8 Å². The third-order valence-corrected chi connectivity index (χ3v) is 4.49. The van der Waals surface area contributed by atoms with E-state index in [0.717, 1.165) is 22.3 Å². The summed E-state index contributed by atoms with van der Waals surface area (Å²) in [7, 11) is -4.24. The van der Waals surface area contributed by atoms with Gasteiger partial charge in [-0.25, -0.2) is 0 Å². The van der Waals surface area contributed by atoms with Crippen molar-refractivity contribution in [2.45, 2.75) is 20.8 Å². The highest BCUT2D eigenvalue weighted by atomic mass is 31.2. The Kier molecular flexibility index (Phi) is 3.64. The maximum atomic E-state index is 11.5. The first-order chi connectivity index (χ1) is 8.82. The molecular formula is C15H17O3P. The normalized spacial score (nSPS) is 11.6. The van der Waals surface area contributed by atoms with Crippen LogP contribution in [0.25, 0.3) is 11.1 Å². The Balaban J connectivity index is 2.78. The molecule has 4 heteroatoms. The Hall–Kier alpha value is -1.41. The molecule has 3 nitrogen and oxygen atoms in total. The van der Waals surface area contributed by atoms with Gasteiger partial charge in [0.05, 0.1) is 5.30 Å². The van der Waals surface area contributed by atoms with Crippen LogP contribution in [0.1, 0.15) is 16.7 Å². The first-order valence-electron chi connectivity index (χ1n) is 6.04. The van der Waals surface area contributed by atoms with Gasteiger partial charge < -0.3 is 9.79 Å². The predicted molar refractivity (Wildman–Crippen MR) is 77.8 cm³/mol. The lowest BCUT2D eigenvalue weighted by Gasteiger charge is -2.17. The van der Waals surface area contributed by atoms with Crippen LogP contribution in [0.2, 0.25) is 0 Å². The second-order valence-corrected chi connectivity index (χ2v) is 6.33. The SMILES string of the molecule is Cc1ccccc1-c1c(C)ccc(P(=O)(O)O)c1C. The second kappa shape index (κ2) is 4.93. The number of aryl methyl sites for hydroxylation is 2. The largest absolute Gasteiger partial charge is 0.356 e. The van der Waals surface area contributed by atoms with Crippen LogP contribution >= 0.6 is 7.60 Å². The van der Waals surface area contributed by atoms with Gasteiger partial charge in [-0.2, -0.15) is 0 Å². The van der Waals surface area contributed by atoms with E-state index in [9.17, 15) is 14.4 Å². The van der Waals surface area contributed by atoms with Gasteiger partial charge >= 0.3 is 7.60 Å². The molecule has 2 aromatic rings. The molecule has 0 spiro atoms. The standard InChI is InChI=1S/C15H17O3P/c1-10-6-4-5-7-13(10)15-11(2)8-9-14(12(15)3)19(16,17)18/h4-9H,1-3H3,(H2,16,17,18).